The van der Waals surface area contributed by atoms with Gasteiger partial charge in [-0.3, -0.25) is 9.69 Å². The van der Waals surface area contributed by atoms with Crippen LogP contribution in [0.1, 0.15) is 28.4 Å². The fourth-order valence-corrected chi connectivity index (χ4v) is 2.27. The number of nitrogens with two attached hydrogens (primary N) is 1. The van der Waals surface area contributed by atoms with Crippen LogP contribution in [0.5, 0.6) is 0 Å². The average Bonchev–Trinajstić information content (AvgIpc) is 2.64. The second-order valence-electron chi connectivity index (χ2n) is 4.04. The number of carboxylic acids is 1. The molecule has 1 heterocycles. The molecule has 0 saturated carbocycles. The van der Waals surface area contributed by atoms with Crippen LogP contribution in [0.2, 0.25) is 0 Å². The number of thiophene rings is 1. The number of rotatable bonds is 6. The zero-order valence-corrected chi connectivity index (χ0v) is 10.7. The van der Waals surface area contributed by atoms with Gasteiger partial charge in [0.25, 0.3) is 0 Å². The van der Waals surface area contributed by atoms with Gasteiger partial charge in [0.05, 0.1) is 6.54 Å². The van der Waals surface area contributed by atoms with E-state index >= 15 is 0 Å². The minimum atomic E-state index is -0.924. The first kappa shape index (κ1) is 13.7. The predicted molar refractivity (Wildman–Crippen MR) is 66.0 cm³/mol. The van der Waals surface area contributed by atoms with E-state index in [0.717, 1.165) is 4.88 Å². The van der Waals surface area contributed by atoms with Gasteiger partial charge >= 0.3 is 5.97 Å². The Labute approximate surface area is 104 Å². The normalized spacial score (nSPS) is 11.1. The van der Waals surface area contributed by atoms with Crippen LogP contribution >= 0.6 is 11.3 Å². The Morgan fingerprint density at radius 3 is 2.53 bits per heavy atom. The summed E-state index contributed by atoms with van der Waals surface area (Å²) >= 11 is 1.22. The molecule has 0 radical (unpaired) electrons. The number of hydrogen-bond donors (Lipinski definition) is 2. The molecule has 0 saturated heterocycles. The molecular formula is C11H16N2O3S. The highest BCUT2D eigenvalue weighted by Gasteiger charge is 2.15. The first-order valence-corrected chi connectivity index (χ1v) is 6.06. The van der Waals surface area contributed by atoms with Crippen LogP contribution in [0.15, 0.2) is 12.1 Å². The molecule has 0 unspecified atom stereocenters. The summed E-state index contributed by atoms with van der Waals surface area (Å²) in [6.45, 7) is 4.65. The summed E-state index contributed by atoms with van der Waals surface area (Å²) in [5.41, 5.74) is 5.17. The minimum absolute atomic E-state index is 0.179. The topological polar surface area (TPSA) is 83.6 Å². The van der Waals surface area contributed by atoms with E-state index in [1.54, 1.807) is 12.1 Å². The Balaban J connectivity index is 2.71. The van der Waals surface area contributed by atoms with Crippen LogP contribution in [0.3, 0.4) is 0 Å². The summed E-state index contributed by atoms with van der Waals surface area (Å²) in [6.07, 6.45) is 0. The molecule has 0 bridgehead atoms. The summed E-state index contributed by atoms with van der Waals surface area (Å²) in [4.78, 5) is 24.8. The van der Waals surface area contributed by atoms with Crippen molar-refractivity contribution in [2.24, 2.45) is 5.73 Å². The second kappa shape index (κ2) is 5.79. The lowest BCUT2D eigenvalue weighted by molar-refractivity contribution is -0.119. The Morgan fingerprint density at radius 2 is 2.12 bits per heavy atom. The fraction of sp³-hybridized carbons (Fsp3) is 0.455. The lowest BCUT2D eigenvalue weighted by Crippen LogP contribution is -2.37. The van der Waals surface area contributed by atoms with Crippen LogP contribution in [0, 0.1) is 0 Å². The molecule has 1 aromatic rings. The minimum Gasteiger partial charge on any atom is -0.477 e. The first-order chi connectivity index (χ1) is 7.90. The number of carbonyl (C=O) groups is 2. The predicted octanol–water partition coefficient (Wildman–Crippen LogP) is 1.14. The van der Waals surface area contributed by atoms with Gasteiger partial charge in [0, 0.05) is 17.5 Å². The van der Waals surface area contributed by atoms with E-state index < -0.39 is 5.97 Å². The molecular weight excluding hydrogens is 240 g/mol. The Kier molecular flexibility index (Phi) is 4.65. The average molecular weight is 256 g/mol. The van der Waals surface area contributed by atoms with Crippen molar-refractivity contribution >= 4 is 23.2 Å². The van der Waals surface area contributed by atoms with Crippen molar-refractivity contribution in [1.82, 2.24) is 4.90 Å². The smallest absolute Gasteiger partial charge is 0.345 e. The number of aromatic carboxylic acids is 1. The molecule has 6 heteroatoms. The molecule has 0 aliphatic rings. The molecule has 17 heavy (non-hydrogen) atoms. The summed E-state index contributed by atoms with van der Waals surface area (Å²) < 4.78 is 0. The SMILES string of the molecule is CC(C)N(CC(N)=O)Cc1ccc(C(=O)O)s1. The molecule has 0 atom stereocenters. The van der Waals surface area contributed by atoms with Crippen molar-refractivity contribution < 1.29 is 14.7 Å². The van der Waals surface area contributed by atoms with Crippen LogP contribution < -0.4 is 5.73 Å². The third kappa shape index (κ3) is 4.16. The Hall–Kier alpha value is -1.40. The van der Waals surface area contributed by atoms with Crippen molar-refractivity contribution in [2.75, 3.05) is 6.54 Å². The maximum atomic E-state index is 10.9. The monoisotopic (exact) mass is 256 g/mol. The number of primary amides is 1. The van der Waals surface area contributed by atoms with E-state index in [0.29, 0.717) is 11.4 Å². The van der Waals surface area contributed by atoms with E-state index in [2.05, 4.69) is 0 Å². The molecule has 0 fully saturated rings. The molecule has 3 N–H and O–H groups in total. The van der Waals surface area contributed by atoms with Gasteiger partial charge in [0.15, 0.2) is 0 Å². The van der Waals surface area contributed by atoms with Crippen LogP contribution in [0.4, 0.5) is 0 Å². The summed E-state index contributed by atoms with van der Waals surface area (Å²) in [7, 11) is 0. The van der Waals surface area contributed by atoms with E-state index in [1.807, 2.05) is 18.7 Å². The quantitative estimate of drug-likeness (QED) is 0.799. The maximum absolute atomic E-state index is 10.9. The van der Waals surface area contributed by atoms with Crippen LogP contribution in [0.25, 0.3) is 0 Å². The van der Waals surface area contributed by atoms with E-state index in [9.17, 15) is 9.59 Å². The van der Waals surface area contributed by atoms with Gasteiger partial charge in [0.2, 0.25) is 5.91 Å². The van der Waals surface area contributed by atoms with Gasteiger partial charge in [0.1, 0.15) is 4.88 Å². The van der Waals surface area contributed by atoms with Gasteiger partial charge in [-0.25, -0.2) is 4.79 Å². The van der Waals surface area contributed by atoms with E-state index in [4.69, 9.17) is 10.8 Å². The van der Waals surface area contributed by atoms with Crippen molar-refractivity contribution in [2.45, 2.75) is 26.4 Å². The van der Waals surface area contributed by atoms with Crippen molar-refractivity contribution in [3.05, 3.63) is 21.9 Å². The van der Waals surface area contributed by atoms with Gasteiger partial charge in [-0.05, 0) is 26.0 Å². The van der Waals surface area contributed by atoms with Crippen LogP contribution in [-0.4, -0.2) is 34.5 Å². The third-order valence-corrected chi connectivity index (χ3v) is 3.38. The van der Waals surface area contributed by atoms with Gasteiger partial charge in [-0.15, -0.1) is 11.3 Å². The van der Waals surface area contributed by atoms with E-state index in [1.165, 1.54) is 11.3 Å². The lowest BCUT2D eigenvalue weighted by Gasteiger charge is -2.24. The van der Waals surface area contributed by atoms with Crippen molar-refractivity contribution in [3.63, 3.8) is 0 Å². The molecule has 5 nitrogen and oxygen atoms in total. The van der Waals surface area contributed by atoms with Crippen molar-refractivity contribution in [1.29, 1.82) is 0 Å². The highest BCUT2D eigenvalue weighted by molar-refractivity contribution is 7.13. The fourth-order valence-electron chi connectivity index (χ4n) is 1.40. The molecule has 1 amide bonds. The van der Waals surface area contributed by atoms with Crippen LogP contribution in [-0.2, 0) is 11.3 Å². The number of hydrogen-bond acceptors (Lipinski definition) is 4. The van der Waals surface area contributed by atoms with Gasteiger partial charge < -0.3 is 10.8 Å². The first-order valence-electron chi connectivity index (χ1n) is 5.24. The Morgan fingerprint density at radius 1 is 1.47 bits per heavy atom. The zero-order chi connectivity index (χ0) is 13.0. The second-order valence-corrected chi connectivity index (χ2v) is 5.20. The zero-order valence-electron chi connectivity index (χ0n) is 9.84. The van der Waals surface area contributed by atoms with E-state index in [-0.39, 0.29) is 18.5 Å². The molecule has 1 rings (SSSR count). The maximum Gasteiger partial charge on any atom is 0.345 e. The highest BCUT2D eigenvalue weighted by Crippen LogP contribution is 2.19. The lowest BCUT2D eigenvalue weighted by atomic mass is 10.3. The number of amides is 1. The van der Waals surface area contributed by atoms with Gasteiger partial charge in [-0.2, -0.15) is 0 Å². The molecule has 0 aliphatic heterocycles. The third-order valence-electron chi connectivity index (χ3n) is 2.32. The number of nitrogens with zero attached hydrogens (tertiary/aromatic N) is 1. The molecule has 0 aliphatic carbocycles. The number of carbonyl (C=O) groups excluding carboxylic acids is 1. The van der Waals surface area contributed by atoms with Gasteiger partial charge in [-0.1, -0.05) is 0 Å². The number of carboxylic acid groups (broad SMARTS) is 1. The molecule has 1 aromatic heterocycles. The molecule has 94 valence electrons. The summed E-state index contributed by atoms with van der Waals surface area (Å²) in [6, 6.07) is 3.52. The molecule has 0 spiro atoms. The Bertz CT molecular complexity index is 415. The van der Waals surface area contributed by atoms with Crippen molar-refractivity contribution in [3.8, 4) is 0 Å². The largest absolute Gasteiger partial charge is 0.477 e. The highest BCUT2D eigenvalue weighted by atomic mass is 32.1. The standard InChI is InChI=1S/C11H16N2O3S/c1-7(2)13(6-10(12)14)5-8-3-4-9(17-8)11(15)16/h3-4,7H,5-6H2,1-2H3,(H2,12,14)(H,15,16). The molecule has 0 aromatic carbocycles. The summed E-state index contributed by atoms with van der Waals surface area (Å²) in [5.74, 6) is -1.30. The summed E-state index contributed by atoms with van der Waals surface area (Å²) in [5, 5.41) is 8.81.